The largest absolute Gasteiger partial charge is 0.348 e. The van der Waals surface area contributed by atoms with Crippen LogP contribution in [0.2, 0.25) is 5.02 Å². The zero-order chi connectivity index (χ0) is 19.4. The Morgan fingerprint density at radius 2 is 1.85 bits per heavy atom. The standard InChI is InChI=1S/C20H21ClFN3O2/c21-16-8-7-14(25-19(27)20(23)9-3-4-10-20)11-15(16)18(26)24-12-13-5-1-2-6-17(13)22/h1-2,5-8,11H,3-4,9-10,12,23H2,(H,24,26)(H,25,27). The highest BCUT2D eigenvalue weighted by Gasteiger charge is 2.37. The molecule has 7 heteroatoms. The third-order valence-corrected chi connectivity index (χ3v) is 5.14. The number of hydrogen-bond acceptors (Lipinski definition) is 3. The van der Waals surface area contributed by atoms with Gasteiger partial charge in [0.2, 0.25) is 5.91 Å². The number of halogens is 2. The minimum Gasteiger partial charge on any atom is -0.348 e. The van der Waals surface area contributed by atoms with Crippen LogP contribution in [-0.4, -0.2) is 17.4 Å². The van der Waals surface area contributed by atoms with Gasteiger partial charge in [0.15, 0.2) is 0 Å². The Bertz CT molecular complexity index is 866. The molecule has 27 heavy (non-hydrogen) atoms. The summed E-state index contributed by atoms with van der Waals surface area (Å²) in [4.78, 5) is 24.9. The summed E-state index contributed by atoms with van der Waals surface area (Å²) in [5, 5.41) is 5.64. The highest BCUT2D eigenvalue weighted by molar-refractivity contribution is 6.34. The van der Waals surface area contributed by atoms with Crippen LogP contribution >= 0.6 is 11.6 Å². The first kappa shape index (κ1) is 19.3. The van der Waals surface area contributed by atoms with Gasteiger partial charge in [0.05, 0.1) is 16.1 Å². The Morgan fingerprint density at radius 1 is 1.15 bits per heavy atom. The van der Waals surface area contributed by atoms with E-state index in [0.29, 0.717) is 24.1 Å². The first-order valence-corrected chi connectivity index (χ1v) is 9.18. The van der Waals surface area contributed by atoms with Gasteiger partial charge < -0.3 is 16.4 Å². The molecule has 2 amide bonds. The quantitative estimate of drug-likeness (QED) is 0.730. The molecule has 5 nitrogen and oxygen atoms in total. The van der Waals surface area contributed by atoms with E-state index in [1.165, 1.54) is 18.2 Å². The third kappa shape index (κ3) is 4.46. The predicted molar refractivity (Wildman–Crippen MR) is 103 cm³/mol. The Morgan fingerprint density at radius 3 is 2.56 bits per heavy atom. The van der Waals surface area contributed by atoms with Crippen molar-refractivity contribution in [3.8, 4) is 0 Å². The molecule has 0 bridgehead atoms. The van der Waals surface area contributed by atoms with Crippen LogP contribution < -0.4 is 16.4 Å². The number of carbonyl (C=O) groups excluding carboxylic acids is 2. The molecule has 1 saturated carbocycles. The second-order valence-corrected chi connectivity index (χ2v) is 7.19. The lowest BCUT2D eigenvalue weighted by molar-refractivity contribution is -0.121. The van der Waals surface area contributed by atoms with Crippen molar-refractivity contribution in [3.63, 3.8) is 0 Å². The van der Waals surface area contributed by atoms with Crippen LogP contribution in [0.25, 0.3) is 0 Å². The van der Waals surface area contributed by atoms with Gasteiger partial charge in [-0.05, 0) is 37.1 Å². The van der Waals surface area contributed by atoms with E-state index in [0.717, 1.165) is 12.8 Å². The minimum atomic E-state index is -0.868. The minimum absolute atomic E-state index is 0.0321. The van der Waals surface area contributed by atoms with Crippen molar-refractivity contribution in [3.05, 3.63) is 64.4 Å². The van der Waals surface area contributed by atoms with Crippen LogP contribution in [0.1, 0.15) is 41.6 Å². The van der Waals surface area contributed by atoms with Gasteiger partial charge in [0, 0.05) is 17.8 Å². The van der Waals surface area contributed by atoms with Crippen molar-refractivity contribution in [2.75, 3.05) is 5.32 Å². The lowest BCUT2D eigenvalue weighted by atomic mass is 9.98. The van der Waals surface area contributed by atoms with E-state index in [1.54, 1.807) is 24.3 Å². The van der Waals surface area contributed by atoms with E-state index < -0.39 is 17.3 Å². The summed E-state index contributed by atoms with van der Waals surface area (Å²) in [6, 6.07) is 10.8. The molecule has 0 aliphatic heterocycles. The van der Waals surface area contributed by atoms with Gasteiger partial charge in [0.1, 0.15) is 5.82 Å². The van der Waals surface area contributed by atoms with Gasteiger partial charge >= 0.3 is 0 Å². The second-order valence-electron chi connectivity index (χ2n) is 6.79. The Labute approximate surface area is 162 Å². The normalized spacial score (nSPS) is 15.4. The van der Waals surface area contributed by atoms with Crippen LogP contribution in [-0.2, 0) is 11.3 Å². The SMILES string of the molecule is NC1(C(=O)Nc2ccc(Cl)c(C(=O)NCc3ccccc3F)c2)CCCC1. The predicted octanol–water partition coefficient (Wildman–Crippen LogP) is 3.62. The van der Waals surface area contributed by atoms with E-state index in [1.807, 2.05) is 0 Å². The van der Waals surface area contributed by atoms with Crippen molar-refractivity contribution in [2.24, 2.45) is 5.73 Å². The summed E-state index contributed by atoms with van der Waals surface area (Å²) in [6.07, 6.45) is 3.13. The highest BCUT2D eigenvalue weighted by atomic mass is 35.5. The van der Waals surface area contributed by atoms with E-state index in [9.17, 15) is 14.0 Å². The molecule has 1 fully saturated rings. The summed E-state index contributed by atoms with van der Waals surface area (Å²) in [5.74, 6) is -1.11. The number of nitrogens with two attached hydrogens (primary N) is 1. The molecule has 0 aromatic heterocycles. The maximum absolute atomic E-state index is 13.7. The molecule has 0 spiro atoms. The maximum Gasteiger partial charge on any atom is 0.253 e. The average molecular weight is 390 g/mol. The number of hydrogen-bond donors (Lipinski definition) is 3. The molecule has 1 aliphatic carbocycles. The molecule has 0 radical (unpaired) electrons. The summed E-state index contributed by atoms with van der Waals surface area (Å²) in [6.45, 7) is 0.0321. The summed E-state index contributed by atoms with van der Waals surface area (Å²) in [5.41, 5.74) is 6.30. The monoisotopic (exact) mass is 389 g/mol. The maximum atomic E-state index is 13.7. The molecule has 2 aromatic rings. The zero-order valence-corrected chi connectivity index (χ0v) is 15.5. The summed E-state index contributed by atoms with van der Waals surface area (Å²) in [7, 11) is 0. The molecule has 4 N–H and O–H groups in total. The fourth-order valence-corrected chi connectivity index (χ4v) is 3.38. The van der Waals surface area contributed by atoms with Crippen LogP contribution in [0.3, 0.4) is 0 Å². The van der Waals surface area contributed by atoms with Gasteiger partial charge in [-0.1, -0.05) is 42.6 Å². The van der Waals surface area contributed by atoms with Crippen molar-refractivity contribution in [2.45, 2.75) is 37.8 Å². The summed E-state index contributed by atoms with van der Waals surface area (Å²) >= 11 is 6.12. The number of nitrogens with one attached hydrogen (secondary N) is 2. The van der Waals surface area contributed by atoms with Crippen LogP contribution in [0.5, 0.6) is 0 Å². The highest BCUT2D eigenvalue weighted by Crippen LogP contribution is 2.29. The summed E-state index contributed by atoms with van der Waals surface area (Å²) < 4.78 is 13.7. The number of benzene rings is 2. The number of amides is 2. The van der Waals surface area contributed by atoms with Crippen LogP contribution in [0, 0.1) is 5.82 Å². The first-order chi connectivity index (χ1) is 12.9. The molecule has 3 rings (SSSR count). The number of anilines is 1. The van der Waals surface area contributed by atoms with Gasteiger partial charge in [-0.2, -0.15) is 0 Å². The van der Waals surface area contributed by atoms with Gasteiger partial charge in [-0.3, -0.25) is 9.59 Å². The van der Waals surface area contributed by atoms with Gasteiger partial charge in [-0.25, -0.2) is 4.39 Å². The molecular formula is C20H21ClFN3O2. The lowest BCUT2D eigenvalue weighted by Gasteiger charge is -2.22. The van der Waals surface area contributed by atoms with Crippen LogP contribution in [0.15, 0.2) is 42.5 Å². The van der Waals surface area contributed by atoms with Gasteiger partial charge in [-0.15, -0.1) is 0 Å². The second kappa shape index (κ2) is 8.06. The smallest absolute Gasteiger partial charge is 0.253 e. The fraction of sp³-hybridized carbons (Fsp3) is 0.300. The Hall–Kier alpha value is -2.44. The molecular weight excluding hydrogens is 369 g/mol. The van der Waals surface area contributed by atoms with E-state index in [-0.39, 0.29) is 23.0 Å². The van der Waals surface area contributed by atoms with Crippen molar-refractivity contribution in [1.29, 1.82) is 0 Å². The lowest BCUT2D eigenvalue weighted by Crippen LogP contribution is -2.48. The molecule has 0 atom stereocenters. The molecule has 142 valence electrons. The Kier molecular flexibility index (Phi) is 5.77. The molecule has 0 heterocycles. The molecule has 1 aliphatic rings. The molecule has 2 aromatic carbocycles. The van der Waals surface area contributed by atoms with Crippen LogP contribution in [0.4, 0.5) is 10.1 Å². The molecule has 0 unspecified atom stereocenters. The zero-order valence-electron chi connectivity index (χ0n) is 14.7. The first-order valence-electron chi connectivity index (χ1n) is 8.80. The Balaban J connectivity index is 1.70. The topological polar surface area (TPSA) is 84.2 Å². The third-order valence-electron chi connectivity index (χ3n) is 4.81. The number of rotatable bonds is 5. The van der Waals surface area contributed by atoms with E-state index >= 15 is 0 Å². The van der Waals surface area contributed by atoms with Crippen molar-refractivity contribution >= 4 is 29.1 Å². The van der Waals surface area contributed by atoms with E-state index in [4.69, 9.17) is 17.3 Å². The molecule has 0 saturated heterocycles. The van der Waals surface area contributed by atoms with Gasteiger partial charge in [0.25, 0.3) is 5.91 Å². The average Bonchev–Trinajstić information content (AvgIpc) is 3.10. The van der Waals surface area contributed by atoms with Crippen molar-refractivity contribution in [1.82, 2.24) is 5.32 Å². The van der Waals surface area contributed by atoms with E-state index in [2.05, 4.69) is 10.6 Å². The number of carbonyl (C=O) groups is 2. The van der Waals surface area contributed by atoms with Crippen molar-refractivity contribution < 1.29 is 14.0 Å². The fourth-order valence-electron chi connectivity index (χ4n) is 3.18.